The van der Waals surface area contributed by atoms with Gasteiger partial charge in [-0.15, -0.1) is 0 Å². The van der Waals surface area contributed by atoms with Gasteiger partial charge in [-0.25, -0.2) is 4.79 Å². The second-order valence-corrected chi connectivity index (χ2v) is 5.93. The van der Waals surface area contributed by atoms with E-state index in [1.54, 1.807) is 34.5 Å². The maximum absolute atomic E-state index is 12.3. The number of alkyl halides is 3. The zero-order chi connectivity index (χ0) is 19.2. The molecule has 1 aromatic carbocycles. The number of hydrogen-bond acceptors (Lipinski definition) is 3. The van der Waals surface area contributed by atoms with Gasteiger partial charge in [-0.2, -0.15) is 13.2 Å². The number of carbonyl (C=O) groups excluding carboxylic acids is 3. The molecular weight excluding hydrogens is 353 g/mol. The highest BCUT2D eigenvalue weighted by molar-refractivity contribution is 5.95. The average molecular weight is 373 g/mol. The number of halogens is 3. The van der Waals surface area contributed by atoms with E-state index in [1.807, 2.05) is 11.4 Å². The predicted molar refractivity (Wildman–Crippen MR) is 85.5 cm³/mol. The number of amides is 4. The zero-order valence-electron chi connectivity index (χ0n) is 13.9. The van der Waals surface area contributed by atoms with Crippen molar-refractivity contribution in [1.82, 2.24) is 15.5 Å². The van der Waals surface area contributed by atoms with Crippen molar-refractivity contribution in [2.24, 2.45) is 0 Å². The molecule has 1 aromatic rings. The van der Waals surface area contributed by atoms with E-state index in [2.05, 4.69) is 0 Å². The maximum atomic E-state index is 12.3. The molecule has 0 atom stereocenters. The minimum absolute atomic E-state index is 0.0488. The van der Waals surface area contributed by atoms with Crippen LogP contribution in [0, 0.1) is 0 Å². The van der Waals surface area contributed by atoms with Crippen molar-refractivity contribution < 1.29 is 32.5 Å². The van der Waals surface area contributed by atoms with Crippen LogP contribution in [0.4, 0.5) is 18.0 Å². The number of piperazine rings is 1. The van der Waals surface area contributed by atoms with Crippen molar-refractivity contribution in [2.75, 3.05) is 39.3 Å². The van der Waals surface area contributed by atoms with Crippen molar-refractivity contribution in [2.45, 2.75) is 6.18 Å². The third-order valence-corrected chi connectivity index (χ3v) is 3.89. The Morgan fingerprint density at radius 2 is 1.69 bits per heavy atom. The van der Waals surface area contributed by atoms with Gasteiger partial charge in [0.25, 0.3) is 11.8 Å². The van der Waals surface area contributed by atoms with Crippen LogP contribution in [0.2, 0.25) is 0 Å². The van der Waals surface area contributed by atoms with Crippen LogP contribution >= 0.6 is 0 Å². The molecule has 0 spiro atoms. The first-order valence-electron chi connectivity index (χ1n) is 8.07. The van der Waals surface area contributed by atoms with E-state index < -0.39 is 24.7 Å². The largest absolute Gasteiger partial charge is 0.405 e. The summed E-state index contributed by atoms with van der Waals surface area (Å²) in [5.41, 5.74) is 0.593. The first-order valence-corrected chi connectivity index (χ1v) is 8.07. The molecule has 2 rings (SSSR count). The van der Waals surface area contributed by atoms with Gasteiger partial charge in [0.1, 0.15) is 6.54 Å². The zero-order valence-corrected chi connectivity index (χ0v) is 13.9. The molecule has 0 aromatic heterocycles. The summed E-state index contributed by atoms with van der Waals surface area (Å²) in [4.78, 5) is 37.8. The van der Waals surface area contributed by atoms with E-state index >= 15 is 0 Å². The first-order chi connectivity index (χ1) is 12.2. The number of benzene rings is 1. The Morgan fingerprint density at radius 1 is 1.08 bits per heavy atom. The van der Waals surface area contributed by atoms with E-state index in [-0.39, 0.29) is 12.5 Å². The fraction of sp³-hybridized carbons (Fsp3) is 0.438. The van der Waals surface area contributed by atoms with Gasteiger partial charge in [-0.1, -0.05) is 18.2 Å². The van der Waals surface area contributed by atoms with E-state index in [4.69, 9.17) is 0 Å². The monoisotopic (exact) mass is 373 g/mol. The topological polar surface area (TPSA) is 83.0 Å². The fourth-order valence-electron chi connectivity index (χ4n) is 2.59. The quantitative estimate of drug-likeness (QED) is 0.660. The molecule has 0 radical (unpaired) electrons. The Balaban J connectivity index is 1.72. The number of urea groups is 1. The highest BCUT2D eigenvalue weighted by Gasteiger charge is 2.29. The highest BCUT2D eigenvalue weighted by Crippen LogP contribution is 2.11. The maximum Gasteiger partial charge on any atom is 0.405 e. The lowest BCUT2D eigenvalue weighted by atomic mass is 10.2. The van der Waals surface area contributed by atoms with Gasteiger partial charge >= 0.3 is 12.2 Å². The van der Waals surface area contributed by atoms with Crippen molar-refractivity contribution in [3.05, 3.63) is 35.9 Å². The van der Waals surface area contributed by atoms with Gasteiger partial charge in [0.05, 0.1) is 26.2 Å². The van der Waals surface area contributed by atoms with E-state index in [0.29, 0.717) is 31.7 Å². The Kier molecular flexibility index (Phi) is 6.56. The predicted octanol–water partition coefficient (Wildman–Crippen LogP) is -0.585. The molecule has 10 heteroatoms. The van der Waals surface area contributed by atoms with Crippen molar-refractivity contribution >= 4 is 17.8 Å². The molecular formula is C16H20F3N4O3+. The highest BCUT2D eigenvalue weighted by atomic mass is 19.4. The lowest BCUT2D eigenvalue weighted by Gasteiger charge is -2.31. The van der Waals surface area contributed by atoms with E-state index in [0.717, 1.165) is 4.90 Å². The average Bonchev–Trinajstić information content (AvgIpc) is 2.60. The van der Waals surface area contributed by atoms with Crippen LogP contribution in [0.3, 0.4) is 0 Å². The standard InChI is InChI=1S/C16H19F3N4O3/c17-16(18,19)11-20-15(26)21-13(24)10-22-6-8-23(9-7-22)14(25)12-4-2-1-3-5-12/h1-5H,6-11H2,(H2,20,21,24,26)/p+1. The van der Waals surface area contributed by atoms with Gasteiger partial charge in [0.2, 0.25) is 0 Å². The number of carbonyl (C=O) groups is 3. The summed E-state index contributed by atoms with van der Waals surface area (Å²) in [7, 11) is 0. The van der Waals surface area contributed by atoms with Crippen molar-refractivity contribution in [3.8, 4) is 0 Å². The van der Waals surface area contributed by atoms with Gasteiger partial charge in [0.15, 0.2) is 6.54 Å². The summed E-state index contributed by atoms with van der Waals surface area (Å²) in [6, 6.07) is 7.67. The van der Waals surface area contributed by atoms with Crippen molar-refractivity contribution in [3.63, 3.8) is 0 Å². The van der Waals surface area contributed by atoms with Gasteiger partial charge in [0, 0.05) is 5.56 Å². The second-order valence-electron chi connectivity index (χ2n) is 5.93. The second kappa shape index (κ2) is 8.65. The lowest BCUT2D eigenvalue weighted by Crippen LogP contribution is -3.15. The Bertz CT molecular complexity index is 644. The number of nitrogens with zero attached hydrogens (tertiary/aromatic N) is 1. The molecule has 1 aliphatic rings. The molecule has 1 heterocycles. The van der Waals surface area contributed by atoms with Crippen LogP contribution in [-0.2, 0) is 4.79 Å². The molecule has 0 bridgehead atoms. The number of nitrogens with one attached hydrogen (secondary N) is 3. The number of imide groups is 1. The number of hydrogen-bond donors (Lipinski definition) is 3. The summed E-state index contributed by atoms with van der Waals surface area (Å²) in [6.07, 6.45) is -4.53. The first kappa shape index (κ1) is 19.7. The Labute approximate surface area is 148 Å². The molecule has 1 fully saturated rings. The molecule has 0 saturated carbocycles. The third kappa shape index (κ3) is 6.36. The third-order valence-electron chi connectivity index (χ3n) is 3.89. The van der Waals surface area contributed by atoms with Crippen LogP contribution in [-0.4, -0.2) is 68.2 Å². The molecule has 1 saturated heterocycles. The van der Waals surface area contributed by atoms with Gasteiger partial charge < -0.3 is 15.1 Å². The molecule has 0 unspecified atom stereocenters. The van der Waals surface area contributed by atoms with Crippen LogP contribution < -0.4 is 15.5 Å². The summed E-state index contributed by atoms with van der Waals surface area (Å²) in [6.45, 7) is 0.381. The Hall–Kier alpha value is -2.62. The SMILES string of the molecule is O=C(C[NH+]1CCN(C(=O)c2ccccc2)CC1)NC(=O)NCC(F)(F)F. The summed E-state index contributed by atoms with van der Waals surface area (Å²) in [5.74, 6) is -0.747. The normalized spacial score (nSPS) is 15.4. The molecule has 3 N–H and O–H groups in total. The molecule has 4 amide bonds. The minimum Gasteiger partial charge on any atom is -0.329 e. The smallest absolute Gasteiger partial charge is 0.329 e. The van der Waals surface area contributed by atoms with E-state index in [1.165, 1.54) is 0 Å². The fourth-order valence-corrected chi connectivity index (χ4v) is 2.59. The van der Waals surface area contributed by atoms with Gasteiger partial charge in [-0.3, -0.25) is 14.9 Å². The number of quaternary nitrogens is 1. The lowest BCUT2D eigenvalue weighted by molar-refractivity contribution is -0.895. The summed E-state index contributed by atoms with van der Waals surface area (Å²) < 4.78 is 36.0. The van der Waals surface area contributed by atoms with E-state index in [9.17, 15) is 27.6 Å². The van der Waals surface area contributed by atoms with Crippen LogP contribution in [0.15, 0.2) is 30.3 Å². The Morgan fingerprint density at radius 3 is 2.27 bits per heavy atom. The molecule has 7 nitrogen and oxygen atoms in total. The van der Waals surface area contributed by atoms with Crippen molar-refractivity contribution in [1.29, 1.82) is 0 Å². The molecule has 142 valence electrons. The molecule has 1 aliphatic heterocycles. The van der Waals surface area contributed by atoms with Crippen LogP contribution in [0.5, 0.6) is 0 Å². The minimum atomic E-state index is -4.53. The van der Waals surface area contributed by atoms with Crippen LogP contribution in [0.25, 0.3) is 0 Å². The van der Waals surface area contributed by atoms with Gasteiger partial charge in [-0.05, 0) is 12.1 Å². The number of rotatable bonds is 4. The summed E-state index contributed by atoms with van der Waals surface area (Å²) in [5, 5.41) is 3.44. The summed E-state index contributed by atoms with van der Waals surface area (Å²) >= 11 is 0. The molecule has 0 aliphatic carbocycles. The molecule has 26 heavy (non-hydrogen) atoms. The van der Waals surface area contributed by atoms with Crippen LogP contribution in [0.1, 0.15) is 10.4 Å².